The fourth-order valence-corrected chi connectivity index (χ4v) is 2.99. The number of pyridine rings is 1. The third-order valence-electron chi connectivity index (χ3n) is 4.36. The monoisotopic (exact) mass is 374 g/mol. The minimum Gasteiger partial charge on any atom is -0.437 e. The van der Waals surface area contributed by atoms with Crippen molar-refractivity contribution in [3.63, 3.8) is 0 Å². The number of nitrogens with two attached hydrogens (primary N) is 1. The predicted octanol–water partition coefficient (Wildman–Crippen LogP) is 5.64. The molecule has 6 heteroatoms. The van der Waals surface area contributed by atoms with Gasteiger partial charge in [-0.25, -0.2) is 4.98 Å². The Morgan fingerprint density at radius 1 is 1.00 bits per heavy atom. The van der Waals surface area contributed by atoms with E-state index in [-0.39, 0.29) is 5.41 Å². The van der Waals surface area contributed by atoms with Crippen molar-refractivity contribution in [2.24, 2.45) is 0 Å². The maximum absolute atomic E-state index is 6.17. The highest BCUT2D eigenvalue weighted by molar-refractivity contribution is 5.86. The molecule has 0 spiro atoms. The van der Waals surface area contributed by atoms with Gasteiger partial charge in [0.2, 0.25) is 5.88 Å². The van der Waals surface area contributed by atoms with E-state index < -0.39 is 0 Å². The molecule has 0 aliphatic carbocycles. The van der Waals surface area contributed by atoms with Crippen LogP contribution in [0.3, 0.4) is 0 Å². The highest BCUT2D eigenvalue weighted by Crippen LogP contribution is 2.36. The average Bonchev–Trinajstić information content (AvgIpc) is 3.07. The Kier molecular flexibility index (Phi) is 4.39. The van der Waals surface area contributed by atoms with E-state index in [9.17, 15) is 0 Å². The Hall–Kier alpha value is -3.54. The van der Waals surface area contributed by atoms with Gasteiger partial charge in [0.15, 0.2) is 5.58 Å². The molecule has 2 aromatic heterocycles. The molecule has 4 rings (SSSR count). The summed E-state index contributed by atoms with van der Waals surface area (Å²) in [6.45, 7) is 6.44. The average molecular weight is 374 g/mol. The van der Waals surface area contributed by atoms with Gasteiger partial charge in [-0.3, -0.25) is 0 Å². The van der Waals surface area contributed by atoms with Crippen LogP contribution in [0.2, 0.25) is 0 Å². The maximum Gasteiger partial charge on any atom is 0.300 e. The quantitative estimate of drug-likeness (QED) is 0.450. The molecule has 142 valence electrons. The van der Waals surface area contributed by atoms with Crippen molar-refractivity contribution in [2.45, 2.75) is 26.2 Å². The second-order valence-electron chi connectivity index (χ2n) is 7.54. The fourth-order valence-electron chi connectivity index (χ4n) is 2.99. The summed E-state index contributed by atoms with van der Waals surface area (Å²) >= 11 is 0. The van der Waals surface area contributed by atoms with E-state index in [2.05, 4.69) is 42.1 Å². The summed E-state index contributed by atoms with van der Waals surface area (Å²) in [6, 6.07) is 17.4. The molecule has 0 bridgehead atoms. The Morgan fingerprint density at radius 3 is 2.61 bits per heavy atom. The number of aromatic nitrogens is 2. The van der Waals surface area contributed by atoms with Gasteiger partial charge in [-0.1, -0.05) is 45.0 Å². The Balaban J connectivity index is 1.67. The van der Waals surface area contributed by atoms with Gasteiger partial charge in [-0.2, -0.15) is 4.98 Å². The van der Waals surface area contributed by atoms with Crippen LogP contribution in [0.4, 0.5) is 17.4 Å². The molecule has 0 amide bonds. The molecule has 0 fully saturated rings. The first-order valence-corrected chi connectivity index (χ1v) is 9.06. The van der Waals surface area contributed by atoms with Crippen LogP contribution in [0.25, 0.3) is 11.1 Å². The number of para-hydroxylation sites is 2. The number of hydrogen-bond donors (Lipinski definition) is 2. The summed E-state index contributed by atoms with van der Waals surface area (Å²) in [4.78, 5) is 8.81. The molecule has 0 saturated carbocycles. The van der Waals surface area contributed by atoms with Crippen LogP contribution < -0.4 is 15.8 Å². The molecular formula is C22H22N4O2. The first-order valence-electron chi connectivity index (χ1n) is 9.06. The summed E-state index contributed by atoms with van der Waals surface area (Å²) in [5.74, 6) is 1.20. The Bertz CT molecular complexity index is 1130. The van der Waals surface area contributed by atoms with E-state index >= 15 is 0 Å². The van der Waals surface area contributed by atoms with Crippen LogP contribution >= 0.6 is 0 Å². The summed E-state index contributed by atoms with van der Waals surface area (Å²) in [5.41, 5.74) is 9.46. The topological polar surface area (TPSA) is 86.2 Å². The lowest BCUT2D eigenvalue weighted by molar-refractivity contribution is 0.441. The van der Waals surface area contributed by atoms with Crippen molar-refractivity contribution in [2.75, 3.05) is 11.1 Å². The van der Waals surface area contributed by atoms with Crippen molar-refractivity contribution in [3.05, 3.63) is 66.4 Å². The van der Waals surface area contributed by atoms with Crippen molar-refractivity contribution in [1.82, 2.24) is 9.97 Å². The molecule has 0 unspecified atom stereocenters. The van der Waals surface area contributed by atoms with Crippen LogP contribution in [0.5, 0.6) is 11.6 Å². The first-order chi connectivity index (χ1) is 13.4. The van der Waals surface area contributed by atoms with Crippen LogP contribution in [0, 0.1) is 0 Å². The van der Waals surface area contributed by atoms with Gasteiger partial charge in [0.1, 0.15) is 17.0 Å². The number of ether oxygens (including phenoxy) is 1. The number of nitrogen functional groups attached to an aromatic ring is 1. The second kappa shape index (κ2) is 6.88. The lowest BCUT2D eigenvalue weighted by atomic mass is 9.86. The minimum atomic E-state index is -0.0587. The molecule has 0 aliphatic heterocycles. The fraction of sp³-hybridized carbons (Fsp3) is 0.182. The van der Waals surface area contributed by atoms with E-state index in [0.29, 0.717) is 34.4 Å². The molecule has 0 radical (unpaired) electrons. The standard InChI is InChI=1S/C22H22N4O2/c1-22(2,3)14-8-4-5-11-17(14)27-20-16(10-7-13-24-20)25-21-26-19-15(23)9-6-12-18(19)28-21/h4-13H,23H2,1-3H3,(H,25,26). The third-order valence-corrected chi connectivity index (χ3v) is 4.36. The van der Waals surface area contributed by atoms with Crippen LogP contribution in [0.15, 0.2) is 65.2 Å². The van der Waals surface area contributed by atoms with Gasteiger partial charge in [0, 0.05) is 11.8 Å². The minimum absolute atomic E-state index is 0.0587. The zero-order chi connectivity index (χ0) is 19.7. The number of hydrogen-bond acceptors (Lipinski definition) is 6. The molecule has 3 N–H and O–H groups in total. The van der Waals surface area contributed by atoms with Crippen molar-refractivity contribution >= 4 is 28.5 Å². The Labute approximate surface area is 163 Å². The lowest BCUT2D eigenvalue weighted by Gasteiger charge is -2.22. The highest BCUT2D eigenvalue weighted by Gasteiger charge is 2.20. The molecule has 0 atom stereocenters. The Morgan fingerprint density at radius 2 is 1.82 bits per heavy atom. The van der Waals surface area contributed by atoms with Crippen molar-refractivity contribution in [1.29, 1.82) is 0 Å². The summed E-state index contributed by atoms with van der Waals surface area (Å²) in [7, 11) is 0. The number of nitrogens with zero attached hydrogens (tertiary/aromatic N) is 2. The lowest BCUT2D eigenvalue weighted by Crippen LogP contribution is -2.12. The van der Waals surface area contributed by atoms with E-state index in [1.807, 2.05) is 42.5 Å². The van der Waals surface area contributed by atoms with Crippen LogP contribution in [0.1, 0.15) is 26.3 Å². The summed E-state index contributed by atoms with van der Waals surface area (Å²) in [6.07, 6.45) is 1.68. The SMILES string of the molecule is CC(C)(C)c1ccccc1Oc1ncccc1Nc1nc2c(N)cccc2o1. The molecule has 4 aromatic rings. The molecule has 6 nitrogen and oxygen atoms in total. The summed E-state index contributed by atoms with van der Waals surface area (Å²) < 4.78 is 11.9. The zero-order valence-electron chi connectivity index (χ0n) is 16.1. The molecule has 0 aliphatic rings. The maximum atomic E-state index is 6.17. The van der Waals surface area contributed by atoms with Gasteiger partial charge in [0.05, 0.1) is 5.69 Å². The third kappa shape index (κ3) is 3.49. The highest BCUT2D eigenvalue weighted by atomic mass is 16.5. The van der Waals surface area contributed by atoms with Gasteiger partial charge in [0.25, 0.3) is 6.01 Å². The number of oxazole rings is 1. The predicted molar refractivity (Wildman–Crippen MR) is 111 cm³/mol. The molecule has 2 aromatic carbocycles. The van der Waals surface area contributed by atoms with E-state index in [4.69, 9.17) is 14.9 Å². The van der Waals surface area contributed by atoms with Crippen molar-refractivity contribution < 1.29 is 9.15 Å². The molecule has 28 heavy (non-hydrogen) atoms. The molecule has 0 saturated heterocycles. The van der Waals surface area contributed by atoms with Gasteiger partial charge < -0.3 is 20.2 Å². The number of anilines is 3. The summed E-state index contributed by atoms with van der Waals surface area (Å²) in [5, 5.41) is 3.15. The van der Waals surface area contributed by atoms with Gasteiger partial charge in [-0.15, -0.1) is 0 Å². The molecular weight excluding hydrogens is 352 g/mol. The van der Waals surface area contributed by atoms with Gasteiger partial charge in [-0.05, 0) is 35.7 Å². The van der Waals surface area contributed by atoms with Crippen LogP contribution in [-0.2, 0) is 5.41 Å². The van der Waals surface area contributed by atoms with Gasteiger partial charge >= 0.3 is 0 Å². The number of nitrogens with one attached hydrogen (secondary N) is 1. The number of benzene rings is 2. The smallest absolute Gasteiger partial charge is 0.300 e. The van der Waals surface area contributed by atoms with Crippen LogP contribution in [-0.4, -0.2) is 9.97 Å². The number of fused-ring (bicyclic) bond motifs is 1. The largest absolute Gasteiger partial charge is 0.437 e. The first kappa shape index (κ1) is 17.9. The zero-order valence-corrected chi connectivity index (χ0v) is 16.1. The second-order valence-corrected chi connectivity index (χ2v) is 7.54. The molecule has 2 heterocycles. The van der Waals surface area contributed by atoms with E-state index in [0.717, 1.165) is 11.3 Å². The van der Waals surface area contributed by atoms with E-state index in [1.165, 1.54) is 0 Å². The number of rotatable bonds is 4. The normalized spacial score (nSPS) is 11.5. The van der Waals surface area contributed by atoms with Crippen molar-refractivity contribution in [3.8, 4) is 11.6 Å². The van der Waals surface area contributed by atoms with E-state index in [1.54, 1.807) is 12.3 Å².